The Hall–Kier alpha value is -0.120. The van der Waals surface area contributed by atoms with E-state index in [0.717, 1.165) is 18.1 Å². The van der Waals surface area contributed by atoms with Crippen LogP contribution in [0.15, 0.2) is 0 Å². The number of hydrogen-bond donors (Lipinski definition) is 0. The van der Waals surface area contributed by atoms with Crippen LogP contribution in [0.3, 0.4) is 0 Å². The minimum atomic E-state index is 0.580. The molecule has 2 aliphatic heterocycles. The summed E-state index contributed by atoms with van der Waals surface area (Å²) in [6.07, 6.45) is 2.88. The van der Waals surface area contributed by atoms with Crippen LogP contribution in [0.25, 0.3) is 0 Å². The van der Waals surface area contributed by atoms with Crippen molar-refractivity contribution in [2.75, 3.05) is 32.7 Å². The molecule has 0 bridgehead atoms. The van der Waals surface area contributed by atoms with Crippen LogP contribution >= 0.6 is 0 Å². The van der Waals surface area contributed by atoms with Gasteiger partial charge in [0.15, 0.2) is 0 Å². The molecule has 2 heterocycles. The van der Waals surface area contributed by atoms with Crippen molar-refractivity contribution in [3.05, 3.63) is 0 Å². The van der Waals surface area contributed by atoms with Crippen molar-refractivity contribution >= 4 is 0 Å². The molecule has 0 aromatic carbocycles. The van der Waals surface area contributed by atoms with E-state index in [9.17, 15) is 0 Å². The molecule has 1 aliphatic carbocycles. The summed E-state index contributed by atoms with van der Waals surface area (Å²) in [5.74, 6) is 0. The Labute approximate surface area is 112 Å². The van der Waals surface area contributed by atoms with Gasteiger partial charge in [0.2, 0.25) is 0 Å². The van der Waals surface area contributed by atoms with Crippen LogP contribution in [0.2, 0.25) is 0 Å². The highest BCUT2D eigenvalue weighted by atomic mass is 15.4. The molecule has 1 saturated carbocycles. The molecular weight excluding hydrogens is 222 g/mol. The predicted molar refractivity (Wildman–Crippen MR) is 75.9 cm³/mol. The van der Waals surface area contributed by atoms with E-state index in [-0.39, 0.29) is 0 Å². The number of piperazine rings is 1. The predicted octanol–water partition coefficient (Wildman–Crippen LogP) is 1.64. The summed E-state index contributed by atoms with van der Waals surface area (Å²) in [5.41, 5.74) is 0.580. The van der Waals surface area contributed by atoms with Crippen molar-refractivity contribution in [3.8, 4) is 0 Å². The van der Waals surface area contributed by atoms with Gasteiger partial charge in [0, 0.05) is 56.4 Å². The first-order valence-corrected chi connectivity index (χ1v) is 7.77. The minimum absolute atomic E-state index is 0.580. The molecule has 104 valence electrons. The van der Waals surface area contributed by atoms with E-state index >= 15 is 0 Å². The summed E-state index contributed by atoms with van der Waals surface area (Å²) >= 11 is 0. The fourth-order valence-electron chi connectivity index (χ4n) is 3.73. The second kappa shape index (κ2) is 4.46. The molecule has 3 aliphatic rings. The molecule has 0 unspecified atom stereocenters. The number of likely N-dealkylation sites (tertiary alicyclic amines) is 1. The highest BCUT2D eigenvalue weighted by Crippen LogP contribution is 2.46. The zero-order valence-electron chi connectivity index (χ0n) is 12.5. The van der Waals surface area contributed by atoms with Gasteiger partial charge in [-0.1, -0.05) is 0 Å². The maximum Gasteiger partial charge on any atom is 0.0357 e. The van der Waals surface area contributed by atoms with E-state index < -0.39 is 0 Å². The van der Waals surface area contributed by atoms with Crippen molar-refractivity contribution < 1.29 is 0 Å². The average Bonchev–Trinajstić information content (AvgIpc) is 2.98. The zero-order chi connectivity index (χ0) is 12.9. The third-order valence-corrected chi connectivity index (χ3v) is 5.35. The third kappa shape index (κ3) is 2.10. The molecule has 0 radical (unpaired) electrons. The van der Waals surface area contributed by atoms with Gasteiger partial charge in [0.25, 0.3) is 0 Å². The maximum absolute atomic E-state index is 2.87. The van der Waals surface area contributed by atoms with E-state index in [1.807, 2.05) is 0 Å². The van der Waals surface area contributed by atoms with Gasteiger partial charge in [0.1, 0.15) is 0 Å². The molecule has 0 N–H and O–H groups in total. The monoisotopic (exact) mass is 251 g/mol. The first kappa shape index (κ1) is 12.9. The smallest absolute Gasteiger partial charge is 0.0357 e. The lowest BCUT2D eigenvalue weighted by molar-refractivity contribution is -0.0538. The van der Waals surface area contributed by atoms with Crippen LogP contribution in [-0.2, 0) is 0 Å². The molecule has 0 aromatic heterocycles. The summed E-state index contributed by atoms with van der Waals surface area (Å²) in [5, 5.41) is 0. The lowest BCUT2D eigenvalue weighted by atomic mass is 9.98. The summed E-state index contributed by atoms with van der Waals surface area (Å²) in [6, 6.07) is 2.30. The van der Waals surface area contributed by atoms with Crippen LogP contribution in [0, 0.1) is 0 Å². The Balaban J connectivity index is 1.59. The van der Waals surface area contributed by atoms with Gasteiger partial charge in [-0.25, -0.2) is 0 Å². The molecule has 1 spiro atoms. The summed E-state index contributed by atoms with van der Waals surface area (Å²) in [4.78, 5) is 8.16. The highest BCUT2D eigenvalue weighted by Gasteiger charge is 2.54. The Morgan fingerprint density at radius 1 is 0.889 bits per heavy atom. The highest BCUT2D eigenvalue weighted by molar-refractivity contribution is 5.12. The lowest BCUT2D eigenvalue weighted by Crippen LogP contribution is -2.68. The first-order chi connectivity index (χ1) is 8.52. The van der Waals surface area contributed by atoms with Gasteiger partial charge in [-0.05, 0) is 40.5 Å². The van der Waals surface area contributed by atoms with Gasteiger partial charge in [-0.2, -0.15) is 0 Å². The molecular formula is C15H29N3. The Morgan fingerprint density at radius 2 is 1.50 bits per heavy atom. The first-order valence-electron chi connectivity index (χ1n) is 7.77. The second-order valence-electron chi connectivity index (χ2n) is 7.18. The molecule has 0 aromatic rings. The topological polar surface area (TPSA) is 9.72 Å². The standard InChI is InChI=1S/C15H29N3/c1-12(2)16-7-8-18(15(11-16)5-6-15)14-9-17(10-14)13(3)4/h12-14H,5-11H2,1-4H3. The quantitative estimate of drug-likeness (QED) is 0.755. The second-order valence-corrected chi connectivity index (χ2v) is 7.18. The van der Waals surface area contributed by atoms with Crippen LogP contribution < -0.4 is 0 Å². The van der Waals surface area contributed by atoms with Gasteiger partial charge >= 0.3 is 0 Å². The number of rotatable bonds is 3. The third-order valence-electron chi connectivity index (χ3n) is 5.35. The molecule has 3 heteroatoms. The van der Waals surface area contributed by atoms with E-state index in [4.69, 9.17) is 0 Å². The van der Waals surface area contributed by atoms with E-state index in [1.165, 1.54) is 45.6 Å². The van der Waals surface area contributed by atoms with Crippen LogP contribution in [0.1, 0.15) is 40.5 Å². The van der Waals surface area contributed by atoms with Crippen molar-refractivity contribution in [2.24, 2.45) is 0 Å². The van der Waals surface area contributed by atoms with Gasteiger partial charge in [0.05, 0.1) is 0 Å². The Morgan fingerprint density at radius 3 is 2.00 bits per heavy atom. The van der Waals surface area contributed by atoms with Gasteiger partial charge in [-0.15, -0.1) is 0 Å². The van der Waals surface area contributed by atoms with Crippen LogP contribution in [-0.4, -0.2) is 71.1 Å². The van der Waals surface area contributed by atoms with Gasteiger partial charge in [-0.3, -0.25) is 14.7 Å². The normalized spacial score (nSPS) is 30.3. The zero-order valence-corrected chi connectivity index (χ0v) is 12.5. The average molecular weight is 251 g/mol. The number of hydrogen-bond acceptors (Lipinski definition) is 3. The molecule has 2 saturated heterocycles. The molecule has 0 atom stereocenters. The van der Waals surface area contributed by atoms with Crippen molar-refractivity contribution in [1.82, 2.24) is 14.7 Å². The van der Waals surface area contributed by atoms with Crippen LogP contribution in [0.4, 0.5) is 0 Å². The fraction of sp³-hybridized carbons (Fsp3) is 1.00. The summed E-state index contributed by atoms with van der Waals surface area (Å²) in [7, 11) is 0. The van der Waals surface area contributed by atoms with Crippen molar-refractivity contribution in [3.63, 3.8) is 0 Å². The largest absolute Gasteiger partial charge is 0.298 e. The van der Waals surface area contributed by atoms with Gasteiger partial charge < -0.3 is 0 Å². The molecule has 0 amide bonds. The van der Waals surface area contributed by atoms with E-state index in [1.54, 1.807) is 0 Å². The Kier molecular flexibility index (Phi) is 3.20. The Bertz CT molecular complexity index is 303. The van der Waals surface area contributed by atoms with E-state index in [2.05, 4.69) is 42.4 Å². The summed E-state index contributed by atoms with van der Waals surface area (Å²) in [6.45, 7) is 15.8. The number of nitrogens with zero attached hydrogens (tertiary/aromatic N) is 3. The molecule has 3 rings (SSSR count). The minimum Gasteiger partial charge on any atom is -0.298 e. The van der Waals surface area contributed by atoms with Crippen LogP contribution in [0.5, 0.6) is 0 Å². The maximum atomic E-state index is 2.87. The molecule has 3 nitrogen and oxygen atoms in total. The van der Waals surface area contributed by atoms with Crippen molar-refractivity contribution in [2.45, 2.75) is 64.2 Å². The molecule has 18 heavy (non-hydrogen) atoms. The van der Waals surface area contributed by atoms with E-state index in [0.29, 0.717) is 5.54 Å². The fourth-order valence-corrected chi connectivity index (χ4v) is 3.73. The molecule has 3 fully saturated rings. The SMILES string of the molecule is CC(C)N1CC(N2CCN(C(C)C)CC23CC3)C1. The summed E-state index contributed by atoms with van der Waals surface area (Å²) < 4.78 is 0. The van der Waals surface area contributed by atoms with Crippen molar-refractivity contribution in [1.29, 1.82) is 0 Å². The lowest BCUT2D eigenvalue weighted by Gasteiger charge is -2.54.